The Morgan fingerprint density at radius 2 is 1.72 bits per heavy atom. The summed E-state index contributed by atoms with van der Waals surface area (Å²) in [5.74, 6) is 2.94. The maximum absolute atomic E-state index is 10.7. The molecule has 1 atom stereocenters. The molecule has 1 unspecified atom stereocenters. The predicted molar refractivity (Wildman–Crippen MR) is 138 cm³/mol. The molecule has 2 fully saturated rings. The fraction of sp³-hybridized carbons (Fsp3) is 0.708. The van der Waals surface area contributed by atoms with Crippen molar-refractivity contribution < 1.29 is 19.3 Å². The molecular weight excluding hydrogens is 521 g/mol. The minimum atomic E-state index is -0.732. The Hall–Kier alpha value is -1.26. The quantitative estimate of drug-likeness (QED) is 0.270. The minimum Gasteiger partial charge on any atom is -0.497 e. The maximum atomic E-state index is 10.7. The molecule has 7 nitrogen and oxygen atoms in total. The Balaban J connectivity index is 0.00000363. The minimum absolute atomic E-state index is 0. The first-order chi connectivity index (χ1) is 15.1. The fourth-order valence-electron chi connectivity index (χ4n) is 4.41. The summed E-state index contributed by atoms with van der Waals surface area (Å²) in [5.41, 5.74) is 0.731. The number of aliphatic imine (C=N–C) groups is 1. The van der Waals surface area contributed by atoms with Crippen LogP contribution in [0.15, 0.2) is 23.2 Å². The average Bonchev–Trinajstić information content (AvgIpc) is 3.34. The molecule has 1 saturated heterocycles. The van der Waals surface area contributed by atoms with Gasteiger partial charge in [0.2, 0.25) is 0 Å². The maximum Gasteiger partial charge on any atom is 0.194 e. The number of hydrogen-bond acceptors (Lipinski definition) is 5. The molecule has 1 aliphatic heterocycles. The third kappa shape index (κ3) is 7.95. The first-order valence-corrected chi connectivity index (χ1v) is 11.7. The molecule has 0 radical (unpaired) electrons. The number of halogens is 1. The molecule has 0 spiro atoms. The Morgan fingerprint density at radius 1 is 1.09 bits per heavy atom. The van der Waals surface area contributed by atoms with Crippen molar-refractivity contribution in [3.05, 3.63) is 23.8 Å². The van der Waals surface area contributed by atoms with Crippen molar-refractivity contribution >= 4 is 29.9 Å². The van der Waals surface area contributed by atoms with Crippen LogP contribution in [-0.2, 0) is 4.74 Å². The van der Waals surface area contributed by atoms with E-state index in [-0.39, 0.29) is 30.5 Å². The first-order valence-electron chi connectivity index (χ1n) is 11.7. The second-order valence-electron chi connectivity index (χ2n) is 8.53. The van der Waals surface area contributed by atoms with Gasteiger partial charge in [-0.1, -0.05) is 12.8 Å². The predicted octanol–water partition coefficient (Wildman–Crippen LogP) is 3.99. The standard InChI is InChI=1S/C24H39N3O4.HI/c1-4-25-24(26-16-23(28)19-13-21(29-2)15-22(14-19)30-3)27-11-9-20(10-12-27)31-17-18-7-5-6-8-18;/h13-15,18,20,23,28H,4-12,16-17H2,1-3H3,(H,25,26);1H. The second-order valence-corrected chi connectivity index (χ2v) is 8.53. The number of benzene rings is 1. The van der Waals surface area contributed by atoms with E-state index in [1.807, 2.05) is 12.1 Å². The lowest BCUT2D eigenvalue weighted by molar-refractivity contribution is 0.000979. The van der Waals surface area contributed by atoms with E-state index in [2.05, 4.69) is 17.1 Å². The van der Waals surface area contributed by atoms with Crippen molar-refractivity contribution in [1.29, 1.82) is 0 Å². The van der Waals surface area contributed by atoms with Gasteiger partial charge in [-0.05, 0) is 56.2 Å². The molecule has 0 bridgehead atoms. The van der Waals surface area contributed by atoms with E-state index < -0.39 is 6.10 Å². The zero-order chi connectivity index (χ0) is 22.1. The Bertz CT molecular complexity index is 682. The van der Waals surface area contributed by atoms with E-state index in [9.17, 15) is 5.11 Å². The van der Waals surface area contributed by atoms with Crippen LogP contribution in [0.4, 0.5) is 0 Å². The van der Waals surface area contributed by atoms with Gasteiger partial charge in [-0.25, -0.2) is 0 Å². The van der Waals surface area contributed by atoms with Crippen LogP contribution in [0, 0.1) is 5.92 Å². The largest absolute Gasteiger partial charge is 0.497 e. The van der Waals surface area contributed by atoms with Crippen LogP contribution in [0.1, 0.15) is 57.1 Å². The van der Waals surface area contributed by atoms with Crippen molar-refractivity contribution in [2.45, 2.75) is 57.7 Å². The number of piperidine rings is 1. The molecule has 0 amide bonds. The Labute approximate surface area is 209 Å². The molecule has 1 saturated carbocycles. The monoisotopic (exact) mass is 561 g/mol. The summed E-state index contributed by atoms with van der Waals surface area (Å²) in [7, 11) is 3.21. The van der Waals surface area contributed by atoms with Crippen LogP contribution in [0.25, 0.3) is 0 Å². The molecule has 1 heterocycles. The molecule has 2 N–H and O–H groups in total. The van der Waals surface area contributed by atoms with E-state index in [1.54, 1.807) is 20.3 Å². The zero-order valence-corrected chi connectivity index (χ0v) is 22.0. The molecule has 8 heteroatoms. The van der Waals surface area contributed by atoms with Gasteiger partial charge < -0.3 is 29.5 Å². The van der Waals surface area contributed by atoms with Gasteiger partial charge in [-0.15, -0.1) is 24.0 Å². The highest BCUT2D eigenvalue weighted by molar-refractivity contribution is 14.0. The number of guanidine groups is 1. The van der Waals surface area contributed by atoms with Crippen LogP contribution >= 0.6 is 24.0 Å². The number of ether oxygens (including phenoxy) is 3. The van der Waals surface area contributed by atoms with E-state index in [1.165, 1.54) is 25.7 Å². The normalized spacial score (nSPS) is 18.9. The van der Waals surface area contributed by atoms with Gasteiger partial charge in [-0.2, -0.15) is 0 Å². The molecule has 32 heavy (non-hydrogen) atoms. The van der Waals surface area contributed by atoms with Crippen molar-refractivity contribution in [1.82, 2.24) is 10.2 Å². The third-order valence-electron chi connectivity index (χ3n) is 6.29. The number of nitrogens with one attached hydrogen (secondary N) is 1. The Morgan fingerprint density at radius 3 is 2.28 bits per heavy atom. The average molecular weight is 562 g/mol. The summed E-state index contributed by atoms with van der Waals surface area (Å²) in [6.07, 6.45) is 7.06. The molecule has 0 aromatic heterocycles. The van der Waals surface area contributed by atoms with Gasteiger partial charge >= 0.3 is 0 Å². The SMILES string of the molecule is CCNC(=NCC(O)c1cc(OC)cc(OC)c1)N1CCC(OCC2CCCC2)CC1.I. The Kier molecular flexibility index (Phi) is 11.9. The van der Waals surface area contributed by atoms with Crippen molar-refractivity contribution in [2.24, 2.45) is 10.9 Å². The van der Waals surface area contributed by atoms with E-state index >= 15 is 0 Å². The smallest absolute Gasteiger partial charge is 0.194 e. The lowest BCUT2D eigenvalue weighted by Gasteiger charge is -2.34. The number of hydrogen-bond donors (Lipinski definition) is 2. The molecule has 2 aliphatic rings. The molecular formula is C24H40IN3O4. The van der Waals surface area contributed by atoms with Crippen LogP contribution in [-0.4, -0.2) is 69.1 Å². The van der Waals surface area contributed by atoms with E-state index in [0.717, 1.165) is 56.5 Å². The van der Waals surface area contributed by atoms with Gasteiger partial charge in [0.15, 0.2) is 5.96 Å². The summed E-state index contributed by atoms with van der Waals surface area (Å²) in [6, 6.07) is 5.44. The van der Waals surface area contributed by atoms with Gasteiger partial charge in [0.05, 0.1) is 33.0 Å². The highest BCUT2D eigenvalue weighted by atomic mass is 127. The van der Waals surface area contributed by atoms with Crippen molar-refractivity contribution in [3.63, 3.8) is 0 Å². The number of likely N-dealkylation sites (tertiary alicyclic amines) is 1. The van der Waals surface area contributed by atoms with Crippen molar-refractivity contribution in [3.8, 4) is 11.5 Å². The highest BCUT2D eigenvalue weighted by Crippen LogP contribution is 2.27. The summed E-state index contributed by atoms with van der Waals surface area (Å²) in [5, 5.41) is 14.1. The fourth-order valence-corrected chi connectivity index (χ4v) is 4.41. The number of nitrogens with zero attached hydrogens (tertiary/aromatic N) is 2. The lowest BCUT2D eigenvalue weighted by atomic mass is 10.1. The molecule has 1 aromatic carbocycles. The van der Waals surface area contributed by atoms with Crippen LogP contribution < -0.4 is 14.8 Å². The van der Waals surface area contributed by atoms with Crippen LogP contribution in [0.3, 0.4) is 0 Å². The summed E-state index contributed by atoms with van der Waals surface area (Å²) in [6.45, 7) is 5.90. The van der Waals surface area contributed by atoms with E-state index in [4.69, 9.17) is 19.2 Å². The second kappa shape index (κ2) is 14.1. The molecule has 3 rings (SSSR count). The number of aliphatic hydroxyl groups excluding tert-OH is 1. The van der Waals surface area contributed by atoms with Gasteiger partial charge in [-0.3, -0.25) is 4.99 Å². The summed E-state index contributed by atoms with van der Waals surface area (Å²) >= 11 is 0. The molecule has 182 valence electrons. The zero-order valence-electron chi connectivity index (χ0n) is 19.7. The number of rotatable bonds is 9. The highest BCUT2D eigenvalue weighted by Gasteiger charge is 2.24. The number of methoxy groups -OCH3 is 2. The van der Waals surface area contributed by atoms with Crippen LogP contribution in [0.5, 0.6) is 11.5 Å². The summed E-state index contributed by atoms with van der Waals surface area (Å²) < 4.78 is 16.8. The van der Waals surface area contributed by atoms with Gasteiger partial charge in [0.1, 0.15) is 11.5 Å². The first kappa shape index (κ1) is 27.0. The number of aliphatic hydroxyl groups is 1. The van der Waals surface area contributed by atoms with Gasteiger partial charge in [0, 0.05) is 32.3 Å². The molecule has 1 aromatic rings. The van der Waals surface area contributed by atoms with Gasteiger partial charge in [0.25, 0.3) is 0 Å². The molecule has 1 aliphatic carbocycles. The van der Waals surface area contributed by atoms with Crippen LogP contribution in [0.2, 0.25) is 0 Å². The lowest BCUT2D eigenvalue weighted by Crippen LogP contribution is -2.47. The third-order valence-corrected chi connectivity index (χ3v) is 6.29. The summed E-state index contributed by atoms with van der Waals surface area (Å²) in [4.78, 5) is 6.99. The van der Waals surface area contributed by atoms with E-state index in [0.29, 0.717) is 17.6 Å². The topological polar surface area (TPSA) is 75.6 Å². The van der Waals surface area contributed by atoms with Crippen molar-refractivity contribution in [2.75, 3.05) is 47.0 Å².